The number of rotatable bonds is 6. The number of aryl methyl sites for hydroxylation is 2. The molecule has 1 saturated heterocycles. The summed E-state index contributed by atoms with van der Waals surface area (Å²) in [4.78, 5) is 25.1. The van der Waals surface area contributed by atoms with Crippen LogP contribution in [0.2, 0.25) is 0 Å². The van der Waals surface area contributed by atoms with E-state index in [-0.39, 0.29) is 24.3 Å². The Morgan fingerprint density at radius 2 is 1.96 bits per heavy atom. The van der Waals surface area contributed by atoms with E-state index in [4.69, 9.17) is 4.74 Å². The molecule has 142 valence electrons. The number of carbonyl (C=O) groups is 2. The summed E-state index contributed by atoms with van der Waals surface area (Å²) in [5.41, 5.74) is 4.19. The molecule has 0 radical (unpaired) electrons. The first-order chi connectivity index (χ1) is 13.0. The zero-order valence-electron chi connectivity index (χ0n) is 15.9. The van der Waals surface area contributed by atoms with Crippen LogP contribution in [0.4, 0.5) is 5.69 Å². The lowest BCUT2D eigenvalue weighted by molar-refractivity contribution is -0.115. The van der Waals surface area contributed by atoms with Crippen LogP contribution in [-0.4, -0.2) is 31.1 Å². The van der Waals surface area contributed by atoms with Gasteiger partial charge in [0.25, 0.3) is 5.91 Å². The fraction of sp³-hybridized carbons (Fsp3) is 0.364. The van der Waals surface area contributed by atoms with Crippen LogP contribution in [0.3, 0.4) is 0 Å². The highest BCUT2D eigenvalue weighted by atomic mass is 16.5. The molecule has 5 nitrogen and oxygen atoms in total. The van der Waals surface area contributed by atoms with Crippen molar-refractivity contribution < 1.29 is 14.3 Å². The van der Waals surface area contributed by atoms with Crippen LogP contribution < -0.4 is 10.6 Å². The summed E-state index contributed by atoms with van der Waals surface area (Å²) < 4.78 is 5.54. The molecule has 0 unspecified atom stereocenters. The van der Waals surface area contributed by atoms with E-state index in [0.717, 1.165) is 36.1 Å². The number of amides is 2. The van der Waals surface area contributed by atoms with E-state index < -0.39 is 0 Å². The van der Waals surface area contributed by atoms with Gasteiger partial charge in [-0.1, -0.05) is 35.9 Å². The lowest BCUT2D eigenvalue weighted by Crippen LogP contribution is -2.32. The van der Waals surface area contributed by atoms with Crippen LogP contribution in [0.5, 0.6) is 0 Å². The molecule has 1 fully saturated rings. The van der Waals surface area contributed by atoms with E-state index >= 15 is 0 Å². The number of hydrogen-bond acceptors (Lipinski definition) is 3. The molecule has 1 aliphatic heterocycles. The molecule has 1 aliphatic rings. The molecular weight excluding hydrogens is 340 g/mol. The molecule has 2 amide bonds. The molecule has 0 spiro atoms. The Morgan fingerprint density at radius 1 is 1.15 bits per heavy atom. The van der Waals surface area contributed by atoms with Gasteiger partial charge in [0.05, 0.1) is 23.8 Å². The molecule has 2 aromatic rings. The molecule has 5 heteroatoms. The van der Waals surface area contributed by atoms with Gasteiger partial charge in [-0.3, -0.25) is 9.59 Å². The molecule has 0 saturated carbocycles. The number of hydrogen-bond donors (Lipinski definition) is 2. The van der Waals surface area contributed by atoms with Gasteiger partial charge < -0.3 is 15.4 Å². The van der Waals surface area contributed by atoms with Crippen LogP contribution in [0, 0.1) is 13.8 Å². The van der Waals surface area contributed by atoms with Crippen molar-refractivity contribution >= 4 is 17.5 Å². The molecule has 1 heterocycles. The highest BCUT2D eigenvalue weighted by Crippen LogP contribution is 2.18. The third-order valence-electron chi connectivity index (χ3n) is 4.82. The number of nitrogens with one attached hydrogen (secondary N) is 2. The van der Waals surface area contributed by atoms with Gasteiger partial charge >= 0.3 is 0 Å². The molecule has 2 aromatic carbocycles. The van der Waals surface area contributed by atoms with Crippen molar-refractivity contribution in [2.24, 2.45) is 0 Å². The molecule has 0 aliphatic carbocycles. The molecular formula is C22H26N2O3. The maximum atomic E-state index is 12.5. The minimum absolute atomic E-state index is 0.0833. The largest absolute Gasteiger partial charge is 0.376 e. The second-order valence-electron chi connectivity index (χ2n) is 7.05. The van der Waals surface area contributed by atoms with Gasteiger partial charge in [0.1, 0.15) is 0 Å². The van der Waals surface area contributed by atoms with Crippen LogP contribution in [-0.2, 0) is 16.0 Å². The first-order valence-corrected chi connectivity index (χ1v) is 9.38. The Labute approximate surface area is 160 Å². The van der Waals surface area contributed by atoms with Gasteiger partial charge in [0.15, 0.2) is 0 Å². The van der Waals surface area contributed by atoms with Crippen LogP contribution in [0.1, 0.15) is 39.9 Å². The average molecular weight is 366 g/mol. The number of ether oxygens (including phenoxy) is 1. The van der Waals surface area contributed by atoms with Gasteiger partial charge in [0.2, 0.25) is 5.91 Å². The summed E-state index contributed by atoms with van der Waals surface area (Å²) in [7, 11) is 0. The Bertz CT molecular complexity index is 826. The molecule has 0 bridgehead atoms. The summed E-state index contributed by atoms with van der Waals surface area (Å²) in [5.74, 6) is -0.337. The quantitative estimate of drug-likeness (QED) is 0.823. The van der Waals surface area contributed by atoms with Crippen molar-refractivity contribution in [2.75, 3.05) is 18.5 Å². The maximum Gasteiger partial charge on any atom is 0.253 e. The van der Waals surface area contributed by atoms with Gasteiger partial charge in [0, 0.05) is 13.2 Å². The van der Waals surface area contributed by atoms with Crippen LogP contribution in [0.25, 0.3) is 0 Å². The van der Waals surface area contributed by atoms with Crippen molar-refractivity contribution in [2.45, 2.75) is 39.2 Å². The van der Waals surface area contributed by atoms with Crippen molar-refractivity contribution in [3.63, 3.8) is 0 Å². The molecule has 27 heavy (non-hydrogen) atoms. The third-order valence-corrected chi connectivity index (χ3v) is 4.82. The Hall–Kier alpha value is -2.66. The summed E-state index contributed by atoms with van der Waals surface area (Å²) in [6.07, 6.45) is 2.36. The van der Waals surface area contributed by atoms with Crippen molar-refractivity contribution in [1.82, 2.24) is 5.32 Å². The highest BCUT2D eigenvalue weighted by Gasteiger charge is 2.18. The fourth-order valence-electron chi connectivity index (χ4n) is 3.26. The lowest BCUT2D eigenvalue weighted by Gasteiger charge is -2.14. The minimum Gasteiger partial charge on any atom is -0.376 e. The van der Waals surface area contributed by atoms with Gasteiger partial charge in [-0.05, 0) is 49.9 Å². The number of para-hydroxylation sites is 1. The number of carbonyl (C=O) groups excluding carboxylic acids is 2. The topological polar surface area (TPSA) is 67.4 Å². The summed E-state index contributed by atoms with van der Waals surface area (Å²) in [5, 5.41) is 5.79. The average Bonchev–Trinajstić information content (AvgIpc) is 3.17. The SMILES string of the molecule is Cc1ccc(C)c(CC(=O)Nc2ccccc2C(=O)NC[C@@H]2CCCO2)c1. The van der Waals surface area contributed by atoms with Crippen molar-refractivity contribution in [3.8, 4) is 0 Å². The molecule has 1 atom stereocenters. The predicted octanol–water partition coefficient (Wildman–Crippen LogP) is 3.39. The van der Waals surface area contributed by atoms with Crippen LogP contribution in [0.15, 0.2) is 42.5 Å². The van der Waals surface area contributed by atoms with Gasteiger partial charge in [-0.15, -0.1) is 0 Å². The van der Waals surface area contributed by atoms with E-state index in [9.17, 15) is 9.59 Å². The molecule has 0 aromatic heterocycles. The van der Waals surface area contributed by atoms with Crippen LogP contribution >= 0.6 is 0 Å². The molecule has 2 N–H and O–H groups in total. The molecule has 3 rings (SSSR count). The number of anilines is 1. The minimum atomic E-state index is -0.201. The Kier molecular flexibility index (Phi) is 6.24. The summed E-state index contributed by atoms with van der Waals surface area (Å²) in [6, 6.07) is 13.1. The third kappa shape index (κ3) is 5.17. The smallest absolute Gasteiger partial charge is 0.253 e. The van der Waals surface area contributed by atoms with Crippen molar-refractivity contribution in [3.05, 3.63) is 64.7 Å². The number of benzene rings is 2. The Balaban J connectivity index is 1.65. The first-order valence-electron chi connectivity index (χ1n) is 9.38. The summed E-state index contributed by atoms with van der Waals surface area (Å²) in [6.45, 7) is 5.25. The van der Waals surface area contributed by atoms with E-state index in [2.05, 4.69) is 10.6 Å². The fourth-order valence-corrected chi connectivity index (χ4v) is 3.26. The van der Waals surface area contributed by atoms with E-state index in [1.807, 2.05) is 38.1 Å². The monoisotopic (exact) mass is 366 g/mol. The standard InChI is InChI=1S/C22H26N2O3/c1-15-9-10-16(2)17(12-15)13-21(25)24-20-8-4-3-7-19(20)22(26)23-14-18-6-5-11-27-18/h3-4,7-10,12,18H,5-6,11,13-14H2,1-2H3,(H,23,26)(H,24,25)/t18-/m0/s1. The second-order valence-corrected chi connectivity index (χ2v) is 7.05. The predicted molar refractivity (Wildman–Crippen MR) is 106 cm³/mol. The summed E-state index contributed by atoms with van der Waals surface area (Å²) >= 11 is 0. The van der Waals surface area contributed by atoms with Gasteiger partial charge in [-0.2, -0.15) is 0 Å². The van der Waals surface area contributed by atoms with E-state index in [1.165, 1.54) is 0 Å². The highest BCUT2D eigenvalue weighted by molar-refractivity contribution is 6.04. The van der Waals surface area contributed by atoms with E-state index in [0.29, 0.717) is 17.8 Å². The zero-order valence-corrected chi connectivity index (χ0v) is 15.9. The zero-order chi connectivity index (χ0) is 19.2. The van der Waals surface area contributed by atoms with Crippen molar-refractivity contribution in [1.29, 1.82) is 0 Å². The second kappa shape index (κ2) is 8.82. The normalized spacial score (nSPS) is 16.1. The van der Waals surface area contributed by atoms with E-state index in [1.54, 1.807) is 18.2 Å². The first kappa shape index (κ1) is 19.1. The lowest BCUT2D eigenvalue weighted by atomic mass is 10.0. The Morgan fingerprint density at radius 3 is 2.74 bits per heavy atom. The maximum absolute atomic E-state index is 12.5. The van der Waals surface area contributed by atoms with Gasteiger partial charge in [-0.25, -0.2) is 0 Å².